The second-order valence-electron chi connectivity index (χ2n) is 3.60. The molecule has 0 atom stereocenters. The molecule has 84 valence electrons. The van der Waals surface area contributed by atoms with Crippen molar-refractivity contribution >= 4 is 11.6 Å². The molecule has 0 heterocycles. The Morgan fingerprint density at radius 2 is 2.00 bits per heavy atom. The van der Waals surface area contributed by atoms with E-state index in [2.05, 4.69) is 19.1 Å². The molecule has 0 spiro atoms. The van der Waals surface area contributed by atoms with Crippen molar-refractivity contribution in [1.82, 2.24) is 0 Å². The van der Waals surface area contributed by atoms with Gasteiger partial charge in [-0.25, -0.2) is 0 Å². The summed E-state index contributed by atoms with van der Waals surface area (Å²) in [6.45, 7) is 4.92. The number of benzene rings is 1. The van der Waals surface area contributed by atoms with Crippen LogP contribution in [0.1, 0.15) is 37.8 Å². The van der Waals surface area contributed by atoms with Crippen LogP contribution in [0.2, 0.25) is 0 Å². The molecule has 0 aliphatic carbocycles. The number of hydrogen-bond acceptors (Lipinski definition) is 1. The third-order valence-electron chi connectivity index (χ3n) is 2.43. The Morgan fingerprint density at radius 1 is 1.20 bits per heavy atom. The average Bonchev–Trinajstić information content (AvgIpc) is 2.27. The smallest absolute Gasteiger partial charge is 0.119 e. The normalized spacial score (nSPS) is 10.3. The van der Waals surface area contributed by atoms with Gasteiger partial charge < -0.3 is 4.74 Å². The van der Waals surface area contributed by atoms with E-state index in [0.717, 1.165) is 12.2 Å². The maximum absolute atomic E-state index is 5.90. The Labute approximate surface area is 97.4 Å². The van der Waals surface area contributed by atoms with Crippen LogP contribution in [0, 0.1) is 0 Å². The Morgan fingerprint density at radius 3 is 2.60 bits per heavy atom. The highest BCUT2D eigenvalue weighted by molar-refractivity contribution is 6.17. The first-order valence-electron chi connectivity index (χ1n) is 5.62. The van der Waals surface area contributed by atoms with E-state index in [9.17, 15) is 0 Å². The Bertz CT molecular complexity index is 297. The summed E-state index contributed by atoms with van der Waals surface area (Å²) in [5, 5.41) is 0. The molecule has 2 heteroatoms. The van der Waals surface area contributed by atoms with Crippen LogP contribution < -0.4 is 4.74 Å². The van der Waals surface area contributed by atoms with Gasteiger partial charge in [0.2, 0.25) is 0 Å². The number of alkyl halides is 1. The van der Waals surface area contributed by atoms with Gasteiger partial charge in [-0.15, -0.1) is 11.6 Å². The van der Waals surface area contributed by atoms with Gasteiger partial charge in [0, 0.05) is 5.88 Å². The maximum Gasteiger partial charge on any atom is 0.119 e. The van der Waals surface area contributed by atoms with E-state index in [1.54, 1.807) is 0 Å². The second kappa shape index (κ2) is 6.73. The van der Waals surface area contributed by atoms with Gasteiger partial charge in [-0.3, -0.25) is 0 Å². The summed E-state index contributed by atoms with van der Waals surface area (Å²) in [6.07, 6.45) is 3.51. The molecule has 0 amide bonds. The van der Waals surface area contributed by atoms with Gasteiger partial charge in [0.05, 0.1) is 6.61 Å². The van der Waals surface area contributed by atoms with Gasteiger partial charge in [-0.05, 0) is 43.0 Å². The first-order chi connectivity index (χ1) is 7.31. The third-order valence-corrected chi connectivity index (χ3v) is 2.72. The molecule has 0 radical (unpaired) electrons. The predicted octanol–water partition coefficient (Wildman–Crippen LogP) is 4.17. The number of halogens is 1. The maximum atomic E-state index is 5.90. The zero-order valence-electron chi connectivity index (χ0n) is 9.55. The van der Waals surface area contributed by atoms with Crippen LogP contribution in [0.15, 0.2) is 18.2 Å². The molecule has 0 N–H and O–H groups in total. The monoisotopic (exact) mass is 226 g/mol. The average molecular weight is 227 g/mol. The molecule has 1 aromatic carbocycles. The second-order valence-corrected chi connectivity index (χ2v) is 3.87. The highest BCUT2D eigenvalue weighted by atomic mass is 35.5. The van der Waals surface area contributed by atoms with E-state index < -0.39 is 0 Å². The lowest BCUT2D eigenvalue weighted by Crippen LogP contribution is -1.96. The molecule has 0 saturated carbocycles. The predicted molar refractivity (Wildman–Crippen MR) is 65.8 cm³/mol. The molecule has 0 aliphatic rings. The van der Waals surface area contributed by atoms with Crippen LogP contribution in [0.25, 0.3) is 0 Å². The summed E-state index contributed by atoms with van der Waals surface area (Å²) in [5.74, 6) is 1.54. The van der Waals surface area contributed by atoms with Crippen molar-refractivity contribution in [2.75, 3.05) is 6.61 Å². The summed E-state index contributed by atoms with van der Waals surface area (Å²) in [5.41, 5.74) is 2.56. The lowest BCUT2D eigenvalue weighted by atomic mass is 10.0. The van der Waals surface area contributed by atoms with Crippen molar-refractivity contribution in [1.29, 1.82) is 0 Å². The molecule has 1 nitrogen and oxygen atoms in total. The van der Waals surface area contributed by atoms with E-state index in [4.69, 9.17) is 16.3 Å². The highest BCUT2D eigenvalue weighted by Crippen LogP contribution is 2.21. The molecular formula is C13H19ClO. The Balaban J connectivity index is 2.81. The van der Waals surface area contributed by atoms with E-state index in [0.29, 0.717) is 12.5 Å². The van der Waals surface area contributed by atoms with Crippen molar-refractivity contribution in [2.45, 2.75) is 39.0 Å². The van der Waals surface area contributed by atoms with E-state index in [1.165, 1.54) is 24.0 Å². The van der Waals surface area contributed by atoms with Crippen LogP contribution >= 0.6 is 11.6 Å². The van der Waals surface area contributed by atoms with Gasteiger partial charge in [-0.1, -0.05) is 19.4 Å². The van der Waals surface area contributed by atoms with Gasteiger partial charge in [0.15, 0.2) is 0 Å². The molecule has 0 unspecified atom stereocenters. The van der Waals surface area contributed by atoms with E-state index in [1.807, 2.05) is 13.0 Å². The summed E-state index contributed by atoms with van der Waals surface area (Å²) in [6, 6.07) is 6.19. The fraction of sp³-hybridized carbons (Fsp3) is 0.538. The zero-order chi connectivity index (χ0) is 11.1. The standard InChI is InChI=1S/C13H19ClO/c1-3-5-6-11-9-13(15-4-2)8-7-12(11)10-14/h7-9H,3-6,10H2,1-2H3. The van der Waals surface area contributed by atoms with Crippen molar-refractivity contribution in [2.24, 2.45) is 0 Å². The largest absolute Gasteiger partial charge is 0.494 e. The van der Waals surface area contributed by atoms with Crippen LogP contribution in [-0.4, -0.2) is 6.61 Å². The minimum atomic E-state index is 0.589. The number of aryl methyl sites for hydroxylation is 1. The van der Waals surface area contributed by atoms with Crippen molar-refractivity contribution < 1.29 is 4.74 Å². The van der Waals surface area contributed by atoms with Gasteiger partial charge in [0.1, 0.15) is 5.75 Å². The molecule has 1 rings (SSSR count). The van der Waals surface area contributed by atoms with Gasteiger partial charge in [0.25, 0.3) is 0 Å². The van der Waals surface area contributed by atoms with Gasteiger partial charge >= 0.3 is 0 Å². The minimum absolute atomic E-state index is 0.589. The molecule has 15 heavy (non-hydrogen) atoms. The molecular weight excluding hydrogens is 208 g/mol. The van der Waals surface area contributed by atoms with Crippen molar-refractivity contribution in [3.8, 4) is 5.75 Å². The molecule has 0 fully saturated rings. The summed E-state index contributed by atoms with van der Waals surface area (Å²) in [4.78, 5) is 0. The van der Waals surface area contributed by atoms with Gasteiger partial charge in [-0.2, -0.15) is 0 Å². The number of ether oxygens (including phenoxy) is 1. The first kappa shape index (κ1) is 12.4. The van der Waals surface area contributed by atoms with E-state index >= 15 is 0 Å². The van der Waals surface area contributed by atoms with Crippen LogP contribution in [0.4, 0.5) is 0 Å². The lowest BCUT2D eigenvalue weighted by molar-refractivity contribution is 0.340. The molecule has 1 aromatic rings. The topological polar surface area (TPSA) is 9.23 Å². The summed E-state index contributed by atoms with van der Waals surface area (Å²) >= 11 is 5.90. The van der Waals surface area contributed by atoms with Crippen molar-refractivity contribution in [3.05, 3.63) is 29.3 Å². The van der Waals surface area contributed by atoms with Crippen LogP contribution in [0.5, 0.6) is 5.75 Å². The highest BCUT2D eigenvalue weighted by Gasteiger charge is 2.03. The van der Waals surface area contributed by atoms with Crippen molar-refractivity contribution in [3.63, 3.8) is 0 Å². The first-order valence-corrected chi connectivity index (χ1v) is 6.15. The SMILES string of the molecule is CCCCc1cc(OCC)ccc1CCl. The third kappa shape index (κ3) is 3.75. The quantitative estimate of drug-likeness (QED) is 0.662. The van der Waals surface area contributed by atoms with Crippen LogP contribution in [0.3, 0.4) is 0 Å². The Kier molecular flexibility index (Phi) is 5.56. The molecule has 0 aliphatic heterocycles. The molecule has 0 bridgehead atoms. The Hall–Kier alpha value is -0.690. The fourth-order valence-corrected chi connectivity index (χ4v) is 1.85. The number of unbranched alkanes of at least 4 members (excludes halogenated alkanes) is 1. The molecule has 0 aromatic heterocycles. The summed E-state index contributed by atoms with van der Waals surface area (Å²) in [7, 11) is 0. The minimum Gasteiger partial charge on any atom is -0.494 e. The lowest BCUT2D eigenvalue weighted by Gasteiger charge is -2.10. The zero-order valence-corrected chi connectivity index (χ0v) is 10.3. The number of hydrogen-bond donors (Lipinski definition) is 0. The van der Waals surface area contributed by atoms with Crippen LogP contribution in [-0.2, 0) is 12.3 Å². The van der Waals surface area contributed by atoms with E-state index in [-0.39, 0.29) is 0 Å². The fourth-order valence-electron chi connectivity index (χ4n) is 1.59. The molecule has 0 saturated heterocycles. The number of rotatable bonds is 6. The summed E-state index contributed by atoms with van der Waals surface area (Å²) < 4.78 is 5.48.